The quantitative estimate of drug-likeness (QED) is 0.522. The Balaban J connectivity index is 1.63. The molecule has 0 bridgehead atoms. The molecule has 1 aliphatic heterocycles. The molecule has 0 aliphatic carbocycles. The summed E-state index contributed by atoms with van der Waals surface area (Å²) in [6.45, 7) is 2.30. The molecule has 154 valence electrons. The minimum absolute atomic E-state index is 0.106. The molecule has 2 aromatic rings. The smallest absolute Gasteiger partial charge is 0.270 e. The Hall–Kier alpha value is -2.98. The van der Waals surface area contributed by atoms with E-state index in [9.17, 15) is 23.3 Å². The number of para-hydroxylation sites is 1. The van der Waals surface area contributed by atoms with Gasteiger partial charge in [0, 0.05) is 38.3 Å². The maximum absolute atomic E-state index is 12.8. The van der Waals surface area contributed by atoms with Crippen molar-refractivity contribution >= 4 is 21.6 Å². The van der Waals surface area contributed by atoms with Crippen LogP contribution in [0.25, 0.3) is 0 Å². The summed E-state index contributed by atoms with van der Waals surface area (Å²) >= 11 is 0. The first kappa shape index (κ1) is 20.7. The highest BCUT2D eigenvalue weighted by atomic mass is 32.2. The summed E-state index contributed by atoms with van der Waals surface area (Å²) in [6, 6.07) is 13.9. The Morgan fingerprint density at radius 2 is 1.72 bits per heavy atom. The number of ether oxygens (including phenoxy) is 1. The molecule has 0 aromatic heterocycles. The minimum atomic E-state index is -3.88. The van der Waals surface area contributed by atoms with Crippen LogP contribution in [0.2, 0.25) is 0 Å². The largest absolute Gasteiger partial charge is 0.481 e. The summed E-state index contributed by atoms with van der Waals surface area (Å²) < 4.78 is 32.5. The maximum Gasteiger partial charge on any atom is 0.270 e. The van der Waals surface area contributed by atoms with Crippen LogP contribution < -0.4 is 4.74 Å². The molecule has 1 atom stereocenters. The van der Waals surface area contributed by atoms with Crippen molar-refractivity contribution < 1.29 is 22.9 Å². The maximum atomic E-state index is 12.8. The van der Waals surface area contributed by atoms with Gasteiger partial charge in [-0.3, -0.25) is 14.9 Å². The molecule has 0 unspecified atom stereocenters. The summed E-state index contributed by atoms with van der Waals surface area (Å²) in [4.78, 5) is 24.3. The fourth-order valence-corrected chi connectivity index (χ4v) is 4.53. The van der Waals surface area contributed by atoms with E-state index in [0.717, 1.165) is 6.07 Å². The molecule has 0 N–H and O–H groups in total. The van der Waals surface area contributed by atoms with Crippen molar-refractivity contribution in [3.05, 3.63) is 64.7 Å². The predicted octanol–water partition coefficient (Wildman–Crippen LogP) is 1.90. The first-order valence-electron chi connectivity index (χ1n) is 9.04. The van der Waals surface area contributed by atoms with E-state index in [1.54, 1.807) is 24.0 Å². The first-order chi connectivity index (χ1) is 13.8. The number of benzene rings is 2. The van der Waals surface area contributed by atoms with Gasteiger partial charge in [-0.1, -0.05) is 24.3 Å². The van der Waals surface area contributed by atoms with Crippen molar-refractivity contribution in [1.29, 1.82) is 0 Å². The van der Waals surface area contributed by atoms with Crippen molar-refractivity contribution in [1.82, 2.24) is 9.21 Å². The van der Waals surface area contributed by atoms with Gasteiger partial charge in [-0.15, -0.1) is 0 Å². The molecule has 9 nitrogen and oxygen atoms in total. The Labute approximate surface area is 168 Å². The molecular weight excluding hydrogens is 398 g/mol. The Morgan fingerprint density at radius 1 is 1.07 bits per heavy atom. The highest BCUT2D eigenvalue weighted by molar-refractivity contribution is 7.89. The van der Waals surface area contributed by atoms with Gasteiger partial charge < -0.3 is 9.64 Å². The van der Waals surface area contributed by atoms with Gasteiger partial charge in [0.25, 0.3) is 11.6 Å². The highest BCUT2D eigenvalue weighted by Gasteiger charge is 2.32. The van der Waals surface area contributed by atoms with E-state index in [2.05, 4.69) is 0 Å². The molecule has 1 saturated heterocycles. The Morgan fingerprint density at radius 3 is 2.34 bits per heavy atom. The summed E-state index contributed by atoms with van der Waals surface area (Å²) in [6.07, 6.45) is -0.697. The van der Waals surface area contributed by atoms with Crippen LogP contribution in [-0.2, 0) is 14.8 Å². The van der Waals surface area contributed by atoms with Crippen LogP contribution in [0.15, 0.2) is 59.5 Å². The molecule has 0 spiro atoms. The van der Waals surface area contributed by atoms with Crippen LogP contribution in [0, 0.1) is 10.1 Å². The predicted molar refractivity (Wildman–Crippen MR) is 105 cm³/mol. The van der Waals surface area contributed by atoms with E-state index < -0.39 is 21.1 Å². The third-order valence-electron chi connectivity index (χ3n) is 4.62. The lowest BCUT2D eigenvalue weighted by Crippen LogP contribution is -2.53. The number of piperazine rings is 1. The van der Waals surface area contributed by atoms with Gasteiger partial charge in [0.15, 0.2) is 6.10 Å². The van der Waals surface area contributed by atoms with Crippen LogP contribution in [0.5, 0.6) is 5.75 Å². The number of sulfonamides is 1. The van der Waals surface area contributed by atoms with Gasteiger partial charge >= 0.3 is 0 Å². The van der Waals surface area contributed by atoms with Gasteiger partial charge in [0.1, 0.15) is 5.75 Å². The van der Waals surface area contributed by atoms with Crippen LogP contribution in [-0.4, -0.2) is 60.7 Å². The van der Waals surface area contributed by atoms with Crippen LogP contribution in [0.1, 0.15) is 6.92 Å². The number of nitro groups is 1. The molecule has 1 aliphatic rings. The summed E-state index contributed by atoms with van der Waals surface area (Å²) in [5.41, 5.74) is -0.285. The second-order valence-electron chi connectivity index (χ2n) is 6.56. The monoisotopic (exact) mass is 419 g/mol. The number of rotatable bonds is 6. The van der Waals surface area contributed by atoms with E-state index in [4.69, 9.17) is 4.74 Å². The lowest BCUT2D eigenvalue weighted by molar-refractivity contribution is -0.385. The molecule has 0 radical (unpaired) electrons. The summed E-state index contributed by atoms with van der Waals surface area (Å²) in [5.74, 6) is 0.362. The van der Waals surface area contributed by atoms with Crippen molar-refractivity contribution in [2.24, 2.45) is 0 Å². The zero-order valence-corrected chi connectivity index (χ0v) is 16.6. The summed E-state index contributed by atoms with van der Waals surface area (Å²) in [7, 11) is -3.88. The van der Waals surface area contributed by atoms with Gasteiger partial charge in [-0.05, 0) is 25.1 Å². The fourth-order valence-electron chi connectivity index (χ4n) is 3.07. The van der Waals surface area contributed by atoms with Gasteiger partial charge in [0.2, 0.25) is 10.0 Å². The van der Waals surface area contributed by atoms with Crippen molar-refractivity contribution in [2.75, 3.05) is 26.2 Å². The lowest BCUT2D eigenvalue weighted by atomic mass is 10.3. The van der Waals surface area contributed by atoms with Crippen LogP contribution in [0.4, 0.5) is 5.69 Å². The normalized spacial score (nSPS) is 16.2. The minimum Gasteiger partial charge on any atom is -0.481 e. The number of hydrogen-bond acceptors (Lipinski definition) is 6. The van der Waals surface area contributed by atoms with Gasteiger partial charge in [-0.2, -0.15) is 4.31 Å². The third kappa shape index (κ3) is 4.72. The molecule has 1 fully saturated rings. The topological polar surface area (TPSA) is 110 Å². The fraction of sp³-hybridized carbons (Fsp3) is 0.316. The van der Waals surface area contributed by atoms with Crippen molar-refractivity contribution in [2.45, 2.75) is 17.9 Å². The van der Waals surface area contributed by atoms with E-state index in [0.29, 0.717) is 5.75 Å². The number of non-ortho nitro benzene ring substituents is 1. The standard InChI is InChI=1S/C19H21N3O6S/c1-15(28-17-7-3-2-4-8-17)19(23)20-10-12-21(13-11-20)29(26,27)18-9-5-6-16(14-18)22(24)25/h2-9,14-15H,10-13H2,1H3/t15-/m1/s1. The first-order valence-corrected chi connectivity index (χ1v) is 10.5. The SMILES string of the molecule is C[C@@H](Oc1ccccc1)C(=O)N1CCN(S(=O)(=O)c2cccc([N+](=O)[O-])c2)CC1. The number of nitro benzene ring substituents is 1. The second kappa shape index (κ2) is 8.58. The molecule has 3 rings (SSSR count). The number of nitrogens with zero attached hydrogens (tertiary/aromatic N) is 3. The van der Waals surface area contributed by atoms with E-state index in [1.165, 1.54) is 22.5 Å². The molecule has 29 heavy (non-hydrogen) atoms. The Bertz CT molecular complexity index is 988. The number of hydrogen-bond donors (Lipinski definition) is 0. The lowest BCUT2D eigenvalue weighted by Gasteiger charge is -2.35. The summed E-state index contributed by atoms with van der Waals surface area (Å²) in [5, 5.41) is 10.9. The zero-order chi connectivity index (χ0) is 21.0. The third-order valence-corrected chi connectivity index (χ3v) is 6.51. The average Bonchev–Trinajstić information content (AvgIpc) is 2.74. The van der Waals surface area contributed by atoms with E-state index in [1.807, 2.05) is 18.2 Å². The highest BCUT2D eigenvalue weighted by Crippen LogP contribution is 2.22. The van der Waals surface area contributed by atoms with Crippen LogP contribution >= 0.6 is 0 Å². The number of carbonyl (C=O) groups excluding carboxylic acids is 1. The molecule has 1 heterocycles. The molecule has 2 aromatic carbocycles. The molecule has 0 saturated carbocycles. The second-order valence-corrected chi connectivity index (χ2v) is 8.49. The zero-order valence-electron chi connectivity index (χ0n) is 15.8. The Kier molecular flexibility index (Phi) is 6.14. The van der Waals surface area contributed by atoms with Crippen molar-refractivity contribution in [3.63, 3.8) is 0 Å². The van der Waals surface area contributed by atoms with E-state index >= 15 is 0 Å². The van der Waals surface area contributed by atoms with Gasteiger partial charge in [0.05, 0.1) is 9.82 Å². The van der Waals surface area contributed by atoms with E-state index in [-0.39, 0.29) is 42.7 Å². The molecule has 1 amide bonds. The van der Waals surface area contributed by atoms with Crippen LogP contribution in [0.3, 0.4) is 0 Å². The molecule has 10 heteroatoms. The van der Waals surface area contributed by atoms with Crippen molar-refractivity contribution in [3.8, 4) is 5.75 Å². The number of amides is 1. The van der Waals surface area contributed by atoms with Gasteiger partial charge in [-0.25, -0.2) is 8.42 Å². The average molecular weight is 419 g/mol. The number of carbonyl (C=O) groups is 1. The molecular formula is C19H21N3O6S.